The minimum Gasteiger partial charge on any atom is -0.486 e. The number of hydrogen-bond acceptors (Lipinski definition) is 4. The van der Waals surface area contributed by atoms with Crippen LogP contribution in [0.3, 0.4) is 0 Å². The second kappa shape index (κ2) is 6.14. The number of carboxylic acids is 1. The van der Waals surface area contributed by atoms with Crippen LogP contribution in [0.1, 0.15) is 34.4 Å². The number of aromatic carboxylic acids is 1. The molecule has 5 heteroatoms. The van der Waals surface area contributed by atoms with Crippen molar-refractivity contribution in [3.8, 4) is 5.75 Å². The van der Waals surface area contributed by atoms with Crippen molar-refractivity contribution < 1.29 is 14.6 Å². The van der Waals surface area contributed by atoms with Crippen LogP contribution >= 0.6 is 0 Å². The lowest BCUT2D eigenvalue weighted by molar-refractivity contribution is 0.0695. The number of rotatable bonds is 5. The highest BCUT2D eigenvalue weighted by atomic mass is 16.5. The highest BCUT2D eigenvalue weighted by molar-refractivity contribution is 5.88. The Morgan fingerprint density at radius 1 is 1.30 bits per heavy atom. The molecule has 0 aliphatic rings. The Kier molecular flexibility index (Phi) is 4.30. The van der Waals surface area contributed by atoms with Crippen LogP contribution in [0.4, 0.5) is 0 Å². The van der Waals surface area contributed by atoms with Crippen molar-refractivity contribution in [1.29, 1.82) is 0 Å². The summed E-state index contributed by atoms with van der Waals surface area (Å²) in [7, 11) is 0. The summed E-state index contributed by atoms with van der Waals surface area (Å²) in [5.74, 6) is 0.183. The van der Waals surface area contributed by atoms with Gasteiger partial charge in [-0.2, -0.15) is 0 Å². The van der Waals surface area contributed by atoms with Gasteiger partial charge in [-0.1, -0.05) is 19.1 Å². The van der Waals surface area contributed by atoms with Crippen molar-refractivity contribution >= 4 is 5.97 Å². The Labute approximate surface area is 117 Å². The van der Waals surface area contributed by atoms with Crippen LogP contribution in [-0.2, 0) is 13.0 Å². The molecule has 0 aliphatic heterocycles. The van der Waals surface area contributed by atoms with Crippen LogP contribution in [0.15, 0.2) is 30.5 Å². The monoisotopic (exact) mass is 272 g/mol. The predicted molar refractivity (Wildman–Crippen MR) is 73.9 cm³/mol. The maximum atomic E-state index is 10.9. The van der Waals surface area contributed by atoms with Gasteiger partial charge in [0, 0.05) is 6.20 Å². The van der Waals surface area contributed by atoms with Crippen LogP contribution in [0, 0.1) is 6.92 Å². The van der Waals surface area contributed by atoms with Gasteiger partial charge in [0.1, 0.15) is 12.4 Å². The van der Waals surface area contributed by atoms with E-state index < -0.39 is 5.97 Å². The molecular weight excluding hydrogens is 256 g/mol. The van der Waals surface area contributed by atoms with E-state index in [1.807, 2.05) is 24.3 Å². The van der Waals surface area contributed by atoms with Crippen molar-refractivity contribution in [1.82, 2.24) is 9.97 Å². The smallest absolute Gasteiger partial charge is 0.339 e. The highest BCUT2D eigenvalue weighted by Gasteiger charge is 2.10. The molecule has 0 bridgehead atoms. The minimum atomic E-state index is -1.02. The zero-order valence-electron chi connectivity index (χ0n) is 11.5. The average molecular weight is 272 g/mol. The fraction of sp³-hybridized carbons (Fsp3) is 0.267. The van der Waals surface area contributed by atoms with Crippen LogP contribution < -0.4 is 4.74 Å². The van der Waals surface area contributed by atoms with Crippen molar-refractivity contribution in [3.05, 3.63) is 53.1 Å². The van der Waals surface area contributed by atoms with Gasteiger partial charge in [0.2, 0.25) is 0 Å². The third-order valence-corrected chi connectivity index (χ3v) is 2.96. The number of ether oxygens (including phenoxy) is 1. The van der Waals surface area contributed by atoms with Crippen LogP contribution in [0.5, 0.6) is 5.75 Å². The van der Waals surface area contributed by atoms with Crippen molar-refractivity contribution in [2.45, 2.75) is 26.9 Å². The summed E-state index contributed by atoms with van der Waals surface area (Å²) in [6, 6.07) is 7.82. The largest absolute Gasteiger partial charge is 0.486 e. The van der Waals surface area contributed by atoms with Gasteiger partial charge in [-0.05, 0) is 31.0 Å². The number of nitrogens with zero attached hydrogens (tertiary/aromatic N) is 2. The highest BCUT2D eigenvalue weighted by Crippen LogP contribution is 2.14. The Bertz CT molecular complexity index is 609. The first-order chi connectivity index (χ1) is 9.60. The molecule has 0 radical (unpaired) electrons. The standard InChI is InChI=1S/C15H16N2O3/c1-3-11-4-6-12(7-5-11)20-9-14-16-8-13(15(18)19)10(2)17-14/h4-8H,3,9H2,1-2H3,(H,18,19). The molecule has 0 unspecified atom stereocenters. The van der Waals surface area contributed by atoms with E-state index in [1.165, 1.54) is 11.8 Å². The topological polar surface area (TPSA) is 72.3 Å². The quantitative estimate of drug-likeness (QED) is 0.905. The van der Waals surface area contributed by atoms with Crippen molar-refractivity contribution in [2.24, 2.45) is 0 Å². The molecule has 0 aliphatic carbocycles. The van der Waals surface area contributed by atoms with E-state index >= 15 is 0 Å². The molecule has 0 saturated heterocycles. The van der Waals surface area contributed by atoms with Gasteiger partial charge in [0.15, 0.2) is 5.82 Å². The molecule has 104 valence electrons. The van der Waals surface area contributed by atoms with Crippen LogP contribution in [0.2, 0.25) is 0 Å². The summed E-state index contributed by atoms with van der Waals surface area (Å²) in [6.07, 6.45) is 2.29. The molecule has 0 saturated carbocycles. The van der Waals surface area contributed by atoms with Crippen LogP contribution in [0.25, 0.3) is 0 Å². The van der Waals surface area contributed by atoms with E-state index in [9.17, 15) is 4.79 Å². The SMILES string of the molecule is CCc1ccc(OCc2ncc(C(=O)O)c(C)n2)cc1. The second-order valence-corrected chi connectivity index (χ2v) is 4.38. The predicted octanol–water partition coefficient (Wildman–Crippen LogP) is 2.62. The molecular formula is C15H16N2O3. The molecule has 1 aromatic heterocycles. The van der Waals surface area contributed by atoms with E-state index in [-0.39, 0.29) is 12.2 Å². The van der Waals surface area contributed by atoms with E-state index in [2.05, 4.69) is 16.9 Å². The summed E-state index contributed by atoms with van der Waals surface area (Å²) >= 11 is 0. The first kappa shape index (κ1) is 14.0. The molecule has 0 atom stereocenters. The summed E-state index contributed by atoms with van der Waals surface area (Å²) < 4.78 is 5.57. The molecule has 1 N–H and O–H groups in total. The number of hydrogen-bond donors (Lipinski definition) is 1. The number of aryl methyl sites for hydroxylation is 2. The third kappa shape index (κ3) is 3.32. The number of carboxylic acid groups (broad SMARTS) is 1. The Morgan fingerprint density at radius 2 is 2.00 bits per heavy atom. The lowest BCUT2D eigenvalue weighted by Crippen LogP contribution is -2.08. The molecule has 0 spiro atoms. The molecule has 1 heterocycles. The third-order valence-electron chi connectivity index (χ3n) is 2.96. The maximum absolute atomic E-state index is 10.9. The molecule has 20 heavy (non-hydrogen) atoms. The van der Waals surface area contributed by atoms with Gasteiger partial charge in [-0.15, -0.1) is 0 Å². The maximum Gasteiger partial charge on any atom is 0.339 e. The molecule has 5 nitrogen and oxygen atoms in total. The number of carbonyl (C=O) groups is 1. The summed E-state index contributed by atoms with van der Waals surface area (Å²) in [5.41, 5.74) is 1.80. The Balaban J connectivity index is 2.03. The molecule has 0 amide bonds. The number of benzene rings is 1. The summed E-state index contributed by atoms with van der Waals surface area (Å²) in [5, 5.41) is 8.90. The van der Waals surface area contributed by atoms with Crippen molar-refractivity contribution in [3.63, 3.8) is 0 Å². The zero-order valence-corrected chi connectivity index (χ0v) is 11.5. The number of aromatic nitrogens is 2. The minimum absolute atomic E-state index is 0.112. The fourth-order valence-electron chi connectivity index (χ4n) is 1.76. The lowest BCUT2D eigenvalue weighted by Gasteiger charge is -2.07. The van der Waals surface area contributed by atoms with Gasteiger partial charge in [-0.3, -0.25) is 0 Å². The Hall–Kier alpha value is -2.43. The summed E-state index contributed by atoms with van der Waals surface area (Å²) in [4.78, 5) is 19.0. The molecule has 2 rings (SSSR count). The lowest BCUT2D eigenvalue weighted by atomic mass is 10.2. The zero-order chi connectivity index (χ0) is 14.5. The van der Waals surface area contributed by atoms with E-state index in [4.69, 9.17) is 9.84 Å². The van der Waals surface area contributed by atoms with Crippen molar-refractivity contribution in [2.75, 3.05) is 0 Å². The van der Waals surface area contributed by atoms with E-state index in [0.29, 0.717) is 11.5 Å². The van der Waals surface area contributed by atoms with Gasteiger partial charge in [0.05, 0.1) is 11.3 Å². The normalized spacial score (nSPS) is 10.3. The van der Waals surface area contributed by atoms with E-state index in [0.717, 1.165) is 12.2 Å². The molecule has 1 aromatic carbocycles. The average Bonchev–Trinajstić information content (AvgIpc) is 2.45. The molecule has 2 aromatic rings. The van der Waals surface area contributed by atoms with Crippen LogP contribution in [-0.4, -0.2) is 21.0 Å². The fourth-order valence-corrected chi connectivity index (χ4v) is 1.76. The second-order valence-electron chi connectivity index (χ2n) is 4.38. The first-order valence-electron chi connectivity index (χ1n) is 6.37. The Morgan fingerprint density at radius 3 is 2.55 bits per heavy atom. The van der Waals surface area contributed by atoms with E-state index in [1.54, 1.807) is 6.92 Å². The van der Waals surface area contributed by atoms with Gasteiger partial charge in [-0.25, -0.2) is 14.8 Å². The van der Waals surface area contributed by atoms with Gasteiger partial charge < -0.3 is 9.84 Å². The molecule has 0 fully saturated rings. The van der Waals surface area contributed by atoms with Gasteiger partial charge >= 0.3 is 5.97 Å². The first-order valence-corrected chi connectivity index (χ1v) is 6.37. The summed E-state index contributed by atoms with van der Waals surface area (Å²) in [6.45, 7) is 3.95. The van der Waals surface area contributed by atoms with Gasteiger partial charge in [0.25, 0.3) is 0 Å².